The molecule has 0 saturated heterocycles. The van der Waals surface area contributed by atoms with E-state index in [1.165, 1.54) is 18.2 Å². The molecule has 1 aromatic heterocycles. The van der Waals surface area contributed by atoms with Gasteiger partial charge in [-0.2, -0.15) is 0 Å². The number of nitrogens with one attached hydrogen (secondary N) is 1. The number of nitrogens with zero attached hydrogens (tertiary/aromatic N) is 1. The van der Waals surface area contributed by atoms with Gasteiger partial charge in [0.15, 0.2) is 5.69 Å². The number of aromatic nitrogens is 1. The summed E-state index contributed by atoms with van der Waals surface area (Å²) in [4.78, 5) is 27.8. The summed E-state index contributed by atoms with van der Waals surface area (Å²) < 4.78 is 19.1. The Morgan fingerprint density at radius 3 is 2.59 bits per heavy atom. The monoisotopic (exact) mass is 368 g/mol. The molecular weight excluding hydrogens is 351 g/mol. The number of oxazole rings is 1. The summed E-state index contributed by atoms with van der Waals surface area (Å²) in [5.74, 6) is -2.19. The highest BCUT2D eigenvalue weighted by Gasteiger charge is 2.22. The van der Waals surface area contributed by atoms with Crippen LogP contribution in [-0.4, -0.2) is 22.0 Å². The Kier molecular flexibility index (Phi) is 5.30. The van der Waals surface area contributed by atoms with E-state index < -0.39 is 23.7 Å². The molecular formula is C20H17FN2O4. The number of amides is 1. The van der Waals surface area contributed by atoms with Crippen LogP contribution in [0.1, 0.15) is 34.1 Å². The molecule has 138 valence electrons. The molecule has 0 saturated carbocycles. The van der Waals surface area contributed by atoms with E-state index in [-0.39, 0.29) is 23.6 Å². The normalized spacial score (nSPS) is 11.8. The van der Waals surface area contributed by atoms with E-state index in [0.29, 0.717) is 5.56 Å². The maximum absolute atomic E-state index is 13.8. The SMILES string of the molecule is Cc1ccccc1C(CC(=O)O)NC(=O)c1coc(-c2ccccc2F)n1. The fourth-order valence-electron chi connectivity index (χ4n) is 2.76. The predicted molar refractivity (Wildman–Crippen MR) is 95.5 cm³/mol. The number of carbonyl (C=O) groups excluding carboxylic acids is 1. The first-order valence-electron chi connectivity index (χ1n) is 8.24. The number of carboxylic acids is 1. The van der Waals surface area contributed by atoms with Gasteiger partial charge in [-0.3, -0.25) is 9.59 Å². The zero-order chi connectivity index (χ0) is 19.4. The first kappa shape index (κ1) is 18.3. The van der Waals surface area contributed by atoms with Crippen LogP contribution in [0.5, 0.6) is 0 Å². The highest BCUT2D eigenvalue weighted by Crippen LogP contribution is 2.24. The van der Waals surface area contributed by atoms with E-state index >= 15 is 0 Å². The summed E-state index contributed by atoms with van der Waals surface area (Å²) >= 11 is 0. The first-order chi connectivity index (χ1) is 13.0. The van der Waals surface area contributed by atoms with Crippen molar-refractivity contribution in [3.8, 4) is 11.5 Å². The molecule has 1 unspecified atom stereocenters. The van der Waals surface area contributed by atoms with E-state index in [1.54, 1.807) is 18.2 Å². The summed E-state index contributed by atoms with van der Waals surface area (Å²) in [7, 11) is 0. The fraction of sp³-hybridized carbons (Fsp3) is 0.150. The molecule has 3 rings (SSSR count). The average molecular weight is 368 g/mol. The molecule has 1 heterocycles. The zero-order valence-corrected chi connectivity index (χ0v) is 14.5. The third-order valence-corrected chi connectivity index (χ3v) is 4.09. The molecule has 0 radical (unpaired) electrons. The summed E-state index contributed by atoms with van der Waals surface area (Å²) in [5.41, 5.74) is 1.64. The molecule has 0 bridgehead atoms. The van der Waals surface area contributed by atoms with Gasteiger partial charge in [-0.15, -0.1) is 0 Å². The fourth-order valence-corrected chi connectivity index (χ4v) is 2.76. The van der Waals surface area contributed by atoms with Crippen LogP contribution in [0.4, 0.5) is 4.39 Å². The maximum Gasteiger partial charge on any atom is 0.305 e. The van der Waals surface area contributed by atoms with Gasteiger partial charge in [0.2, 0.25) is 5.89 Å². The molecule has 1 atom stereocenters. The molecule has 3 aromatic rings. The lowest BCUT2D eigenvalue weighted by atomic mass is 9.98. The lowest BCUT2D eigenvalue weighted by Crippen LogP contribution is -2.30. The van der Waals surface area contributed by atoms with Crippen LogP contribution >= 0.6 is 0 Å². The van der Waals surface area contributed by atoms with Crippen molar-refractivity contribution < 1.29 is 23.5 Å². The Morgan fingerprint density at radius 1 is 1.19 bits per heavy atom. The molecule has 0 fully saturated rings. The minimum absolute atomic E-state index is 0.0241. The zero-order valence-electron chi connectivity index (χ0n) is 14.5. The molecule has 2 aromatic carbocycles. The van der Waals surface area contributed by atoms with Crippen LogP contribution in [0.2, 0.25) is 0 Å². The first-order valence-corrected chi connectivity index (χ1v) is 8.24. The third-order valence-electron chi connectivity index (χ3n) is 4.09. The Bertz CT molecular complexity index is 983. The molecule has 0 aliphatic rings. The molecule has 6 nitrogen and oxygen atoms in total. The number of carbonyl (C=O) groups is 2. The van der Waals surface area contributed by atoms with Crippen LogP contribution in [0.3, 0.4) is 0 Å². The Morgan fingerprint density at radius 2 is 1.89 bits per heavy atom. The number of benzene rings is 2. The molecule has 2 N–H and O–H groups in total. The molecule has 7 heteroatoms. The van der Waals surface area contributed by atoms with Crippen molar-refractivity contribution >= 4 is 11.9 Å². The number of hydrogen-bond donors (Lipinski definition) is 2. The minimum Gasteiger partial charge on any atom is -0.481 e. The number of rotatable bonds is 6. The van der Waals surface area contributed by atoms with Crippen molar-refractivity contribution in [2.75, 3.05) is 0 Å². The van der Waals surface area contributed by atoms with Crippen molar-refractivity contribution in [2.45, 2.75) is 19.4 Å². The van der Waals surface area contributed by atoms with Crippen molar-refractivity contribution in [1.29, 1.82) is 0 Å². The van der Waals surface area contributed by atoms with Crippen LogP contribution in [0, 0.1) is 12.7 Å². The van der Waals surface area contributed by atoms with Gasteiger partial charge in [-0.05, 0) is 30.2 Å². The van der Waals surface area contributed by atoms with Crippen molar-refractivity contribution in [2.24, 2.45) is 0 Å². The van der Waals surface area contributed by atoms with Gasteiger partial charge in [-0.1, -0.05) is 36.4 Å². The second-order valence-electron chi connectivity index (χ2n) is 6.00. The van der Waals surface area contributed by atoms with Gasteiger partial charge in [-0.25, -0.2) is 9.37 Å². The van der Waals surface area contributed by atoms with Gasteiger partial charge in [0.05, 0.1) is 18.0 Å². The Hall–Kier alpha value is -3.48. The minimum atomic E-state index is -1.05. The summed E-state index contributed by atoms with van der Waals surface area (Å²) in [6.07, 6.45) is 0.835. The van der Waals surface area contributed by atoms with Crippen molar-refractivity contribution in [3.05, 3.63) is 77.4 Å². The van der Waals surface area contributed by atoms with Crippen LogP contribution in [0.15, 0.2) is 59.2 Å². The van der Waals surface area contributed by atoms with Gasteiger partial charge in [0.1, 0.15) is 12.1 Å². The van der Waals surface area contributed by atoms with E-state index in [2.05, 4.69) is 10.3 Å². The number of halogens is 1. The standard InChI is InChI=1S/C20H17FN2O4/c1-12-6-2-3-7-13(12)16(10-18(24)25)22-19(26)17-11-27-20(23-17)14-8-4-5-9-15(14)21/h2-9,11,16H,10H2,1H3,(H,22,26)(H,24,25). The Labute approximate surface area is 154 Å². The lowest BCUT2D eigenvalue weighted by Gasteiger charge is -2.18. The lowest BCUT2D eigenvalue weighted by molar-refractivity contribution is -0.137. The molecule has 0 spiro atoms. The topological polar surface area (TPSA) is 92.4 Å². The highest BCUT2D eigenvalue weighted by molar-refractivity contribution is 5.93. The van der Waals surface area contributed by atoms with E-state index in [1.807, 2.05) is 19.1 Å². The number of hydrogen-bond acceptors (Lipinski definition) is 4. The smallest absolute Gasteiger partial charge is 0.305 e. The van der Waals surface area contributed by atoms with Crippen molar-refractivity contribution in [1.82, 2.24) is 10.3 Å². The van der Waals surface area contributed by atoms with E-state index in [0.717, 1.165) is 11.8 Å². The van der Waals surface area contributed by atoms with Crippen LogP contribution in [-0.2, 0) is 4.79 Å². The van der Waals surface area contributed by atoms with Crippen molar-refractivity contribution in [3.63, 3.8) is 0 Å². The predicted octanol–water partition coefficient (Wildman–Crippen LogP) is 3.73. The second-order valence-corrected chi connectivity index (χ2v) is 6.00. The van der Waals surface area contributed by atoms with Crippen LogP contribution < -0.4 is 5.32 Å². The molecule has 27 heavy (non-hydrogen) atoms. The van der Waals surface area contributed by atoms with Crippen LogP contribution in [0.25, 0.3) is 11.5 Å². The summed E-state index contributed by atoms with van der Waals surface area (Å²) in [5, 5.41) is 11.8. The van der Waals surface area contributed by atoms with Gasteiger partial charge in [0, 0.05) is 0 Å². The summed E-state index contributed by atoms with van der Waals surface area (Å²) in [6, 6.07) is 12.4. The highest BCUT2D eigenvalue weighted by atomic mass is 19.1. The second kappa shape index (κ2) is 7.82. The average Bonchev–Trinajstić information content (AvgIpc) is 3.11. The van der Waals surface area contributed by atoms with E-state index in [9.17, 15) is 19.1 Å². The number of aryl methyl sites for hydroxylation is 1. The third kappa shape index (κ3) is 4.20. The number of aliphatic carboxylic acids is 1. The largest absolute Gasteiger partial charge is 0.481 e. The quantitative estimate of drug-likeness (QED) is 0.691. The summed E-state index contributed by atoms with van der Waals surface area (Å²) in [6.45, 7) is 1.84. The molecule has 0 aliphatic heterocycles. The number of carboxylic acid groups (broad SMARTS) is 1. The maximum atomic E-state index is 13.8. The van der Waals surface area contributed by atoms with E-state index in [4.69, 9.17) is 4.42 Å². The Balaban J connectivity index is 1.83. The van der Waals surface area contributed by atoms with Gasteiger partial charge >= 0.3 is 5.97 Å². The van der Waals surface area contributed by atoms with Gasteiger partial charge < -0.3 is 14.8 Å². The molecule has 0 aliphatic carbocycles. The molecule has 1 amide bonds. The van der Waals surface area contributed by atoms with Gasteiger partial charge in [0.25, 0.3) is 5.91 Å².